The van der Waals surface area contributed by atoms with E-state index in [0.29, 0.717) is 5.92 Å². The molecular weight excluding hydrogens is 190 g/mol. The molecule has 1 heterocycles. The molecule has 15 heavy (non-hydrogen) atoms. The monoisotopic (exact) mass is 213 g/mol. The van der Waals surface area contributed by atoms with Crippen molar-refractivity contribution < 1.29 is 9.84 Å². The predicted molar refractivity (Wildman–Crippen MR) is 59.8 cm³/mol. The first kappa shape index (κ1) is 11.4. The Hall–Kier alpha value is -0.120. The van der Waals surface area contributed by atoms with Crippen molar-refractivity contribution in [2.75, 3.05) is 26.2 Å². The van der Waals surface area contributed by atoms with Crippen molar-refractivity contribution in [3.05, 3.63) is 0 Å². The number of nitrogens with zero attached hydrogens (tertiary/aromatic N) is 1. The van der Waals surface area contributed by atoms with Crippen LogP contribution in [0.15, 0.2) is 0 Å². The molecule has 1 aliphatic carbocycles. The molecule has 0 unspecified atom stereocenters. The van der Waals surface area contributed by atoms with Crippen molar-refractivity contribution in [3.63, 3.8) is 0 Å². The van der Waals surface area contributed by atoms with Crippen LogP contribution in [0, 0.1) is 5.92 Å². The molecule has 0 amide bonds. The van der Waals surface area contributed by atoms with E-state index in [9.17, 15) is 5.11 Å². The van der Waals surface area contributed by atoms with Gasteiger partial charge in [0.15, 0.2) is 0 Å². The lowest BCUT2D eigenvalue weighted by Gasteiger charge is -2.47. The smallest absolute Gasteiger partial charge is 0.0928 e. The summed E-state index contributed by atoms with van der Waals surface area (Å²) in [7, 11) is 0. The fourth-order valence-corrected chi connectivity index (χ4v) is 2.25. The molecule has 1 N–H and O–H groups in total. The molecule has 3 heteroatoms. The van der Waals surface area contributed by atoms with Gasteiger partial charge in [-0.05, 0) is 39.5 Å². The minimum absolute atomic E-state index is 0.0440. The first-order chi connectivity index (χ1) is 6.89. The van der Waals surface area contributed by atoms with Crippen LogP contribution in [0.4, 0.5) is 0 Å². The molecule has 1 saturated heterocycles. The van der Waals surface area contributed by atoms with Gasteiger partial charge in [-0.15, -0.1) is 0 Å². The summed E-state index contributed by atoms with van der Waals surface area (Å²) in [5.74, 6) is 0.595. The first-order valence-electron chi connectivity index (χ1n) is 5.98. The maximum absolute atomic E-state index is 10.1. The highest BCUT2D eigenvalue weighted by Gasteiger charge is 2.51. The maximum atomic E-state index is 10.1. The molecule has 2 fully saturated rings. The van der Waals surface area contributed by atoms with Crippen molar-refractivity contribution in [2.24, 2.45) is 5.92 Å². The van der Waals surface area contributed by atoms with Crippen molar-refractivity contribution in [1.82, 2.24) is 4.90 Å². The van der Waals surface area contributed by atoms with Gasteiger partial charge in [-0.2, -0.15) is 0 Å². The van der Waals surface area contributed by atoms with Crippen molar-refractivity contribution in [2.45, 2.75) is 44.8 Å². The van der Waals surface area contributed by atoms with Crippen LogP contribution in [-0.2, 0) is 4.74 Å². The van der Waals surface area contributed by atoms with Crippen LogP contribution < -0.4 is 0 Å². The number of β-amino-alcohol motifs (C(OH)–C–C–N with tert-alkyl or cyclic N) is 1. The fraction of sp³-hybridized carbons (Fsp3) is 1.00. The van der Waals surface area contributed by atoms with E-state index in [1.165, 1.54) is 12.8 Å². The lowest BCUT2D eigenvalue weighted by molar-refractivity contribution is -0.124. The summed E-state index contributed by atoms with van der Waals surface area (Å²) in [6.45, 7) is 9.64. The zero-order valence-electron chi connectivity index (χ0n) is 10.1. The molecular formula is C12H23NO2. The van der Waals surface area contributed by atoms with Gasteiger partial charge in [0.25, 0.3) is 0 Å². The molecule has 1 saturated carbocycles. The molecule has 2 rings (SSSR count). The summed E-state index contributed by atoms with van der Waals surface area (Å²) < 4.78 is 5.66. The van der Waals surface area contributed by atoms with E-state index < -0.39 is 0 Å². The Labute approximate surface area is 92.4 Å². The van der Waals surface area contributed by atoms with Crippen LogP contribution in [0.1, 0.15) is 33.6 Å². The van der Waals surface area contributed by atoms with E-state index in [2.05, 4.69) is 25.7 Å². The molecule has 0 bridgehead atoms. The Kier molecular flexibility index (Phi) is 2.82. The zero-order chi connectivity index (χ0) is 11.1. The Morgan fingerprint density at radius 3 is 2.40 bits per heavy atom. The molecule has 0 atom stereocenters. The Morgan fingerprint density at radius 2 is 1.93 bits per heavy atom. The largest absolute Gasteiger partial charge is 0.387 e. The third-order valence-corrected chi connectivity index (χ3v) is 3.27. The van der Waals surface area contributed by atoms with Crippen LogP contribution in [0.25, 0.3) is 0 Å². The number of ether oxygens (including phenoxy) is 1. The van der Waals surface area contributed by atoms with Crippen molar-refractivity contribution >= 4 is 0 Å². The van der Waals surface area contributed by atoms with Crippen LogP contribution in [-0.4, -0.2) is 47.4 Å². The average molecular weight is 213 g/mol. The molecule has 0 aromatic rings. The summed E-state index contributed by atoms with van der Waals surface area (Å²) in [5.41, 5.74) is -0.389. The van der Waals surface area contributed by atoms with Crippen LogP contribution in [0.3, 0.4) is 0 Å². The lowest BCUT2D eigenvalue weighted by atomic mass is 9.89. The van der Waals surface area contributed by atoms with Gasteiger partial charge in [0, 0.05) is 19.6 Å². The maximum Gasteiger partial charge on any atom is 0.0928 e. The average Bonchev–Trinajstić information content (AvgIpc) is 2.80. The van der Waals surface area contributed by atoms with Gasteiger partial charge in [-0.3, -0.25) is 4.90 Å². The van der Waals surface area contributed by atoms with Gasteiger partial charge >= 0.3 is 0 Å². The summed E-state index contributed by atoms with van der Waals surface area (Å²) >= 11 is 0. The second kappa shape index (κ2) is 3.72. The molecule has 0 radical (unpaired) electrons. The molecule has 3 nitrogen and oxygen atoms in total. The van der Waals surface area contributed by atoms with Crippen LogP contribution in [0.5, 0.6) is 0 Å². The van der Waals surface area contributed by atoms with E-state index in [4.69, 9.17) is 4.74 Å². The van der Waals surface area contributed by atoms with Gasteiger partial charge < -0.3 is 9.84 Å². The van der Waals surface area contributed by atoms with E-state index in [0.717, 1.165) is 26.2 Å². The van der Waals surface area contributed by atoms with Gasteiger partial charge in [0.1, 0.15) is 0 Å². The lowest BCUT2D eigenvalue weighted by Crippen LogP contribution is -2.63. The minimum Gasteiger partial charge on any atom is -0.387 e. The summed E-state index contributed by atoms with van der Waals surface area (Å²) in [5, 5.41) is 10.1. The third kappa shape index (κ3) is 2.92. The van der Waals surface area contributed by atoms with E-state index in [1.807, 2.05) is 0 Å². The Bertz CT molecular complexity index is 224. The molecule has 0 aromatic heterocycles. The van der Waals surface area contributed by atoms with Gasteiger partial charge in [-0.1, -0.05) is 0 Å². The van der Waals surface area contributed by atoms with Crippen LogP contribution >= 0.6 is 0 Å². The van der Waals surface area contributed by atoms with E-state index >= 15 is 0 Å². The predicted octanol–water partition coefficient (Wildman–Crippen LogP) is 1.26. The Morgan fingerprint density at radius 1 is 1.33 bits per heavy atom. The van der Waals surface area contributed by atoms with Crippen LogP contribution in [0.2, 0.25) is 0 Å². The summed E-state index contributed by atoms with van der Waals surface area (Å²) in [4.78, 5) is 2.28. The van der Waals surface area contributed by atoms with Crippen molar-refractivity contribution in [3.8, 4) is 0 Å². The van der Waals surface area contributed by atoms with E-state index in [1.54, 1.807) is 0 Å². The first-order valence-corrected chi connectivity index (χ1v) is 5.98. The normalized spacial score (nSPS) is 26.4. The highest BCUT2D eigenvalue weighted by atomic mass is 16.5. The third-order valence-electron chi connectivity index (χ3n) is 3.27. The number of likely N-dealkylation sites (tertiary alicyclic amines) is 1. The fourth-order valence-electron chi connectivity index (χ4n) is 2.25. The molecule has 88 valence electrons. The topological polar surface area (TPSA) is 32.7 Å². The number of hydrogen-bond donors (Lipinski definition) is 1. The summed E-state index contributed by atoms with van der Waals surface area (Å²) in [6, 6.07) is 0. The quantitative estimate of drug-likeness (QED) is 0.763. The standard InChI is InChI=1S/C12H23NO2/c1-11(2,3)15-7-6-13-8-12(14,9-13)10-4-5-10/h10,14H,4-9H2,1-3H3. The molecule has 0 spiro atoms. The second-order valence-corrected chi connectivity index (χ2v) is 6.05. The molecule has 2 aliphatic rings. The van der Waals surface area contributed by atoms with E-state index in [-0.39, 0.29) is 11.2 Å². The number of hydrogen-bond acceptors (Lipinski definition) is 3. The Balaban J connectivity index is 1.59. The zero-order valence-corrected chi connectivity index (χ0v) is 10.1. The number of aliphatic hydroxyl groups is 1. The van der Waals surface area contributed by atoms with Gasteiger partial charge in [-0.25, -0.2) is 0 Å². The second-order valence-electron chi connectivity index (χ2n) is 6.05. The summed E-state index contributed by atoms with van der Waals surface area (Å²) in [6.07, 6.45) is 2.45. The molecule has 1 aliphatic heterocycles. The SMILES string of the molecule is CC(C)(C)OCCN1CC(O)(C2CC2)C1. The highest BCUT2D eigenvalue weighted by Crippen LogP contribution is 2.44. The van der Waals surface area contributed by atoms with Gasteiger partial charge in [0.05, 0.1) is 17.8 Å². The minimum atomic E-state index is -0.346. The molecule has 0 aromatic carbocycles. The van der Waals surface area contributed by atoms with Gasteiger partial charge in [0.2, 0.25) is 0 Å². The highest BCUT2D eigenvalue weighted by molar-refractivity contribution is 5.05. The van der Waals surface area contributed by atoms with Crippen molar-refractivity contribution in [1.29, 1.82) is 0 Å². The number of rotatable bonds is 4.